The van der Waals surface area contributed by atoms with Crippen LogP contribution in [0, 0.1) is 0 Å². The van der Waals surface area contributed by atoms with Gasteiger partial charge in [0.05, 0.1) is 24.8 Å². The molecule has 0 saturated heterocycles. The van der Waals surface area contributed by atoms with Crippen LogP contribution in [0.5, 0.6) is 11.5 Å². The summed E-state index contributed by atoms with van der Waals surface area (Å²) in [6, 6.07) is 3.96. The van der Waals surface area contributed by atoms with Gasteiger partial charge in [-0.15, -0.1) is 0 Å². The van der Waals surface area contributed by atoms with E-state index in [1.165, 1.54) is 0 Å². The van der Waals surface area contributed by atoms with Crippen molar-refractivity contribution in [3.8, 4) is 11.5 Å². The van der Waals surface area contributed by atoms with Crippen LogP contribution in [0.15, 0.2) is 12.1 Å². The molecule has 1 aliphatic rings. The Morgan fingerprint density at radius 1 is 1.38 bits per heavy atom. The molecule has 0 spiro atoms. The highest BCUT2D eigenvalue weighted by atomic mass is 35.5. The molecule has 1 atom stereocenters. The lowest BCUT2D eigenvalue weighted by Crippen LogP contribution is -2.33. The van der Waals surface area contributed by atoms with Gasteiger partial charge in [0.1, 0.15) is 0 Å². The lowest BCUT2D eigenvalue weighted by atomic mass is 10.0. The molecule has 1 aliphatic heterocycles. The van der Waals surface area contributed by atoms with E-state index < -0.39 is 0 Å². The Balaban J connectivity index is 2.25. The Bertz CT molecular complexity index is 470. The van der Waals surface area contributed by atoms with E-state index in [2.05, 4.69) is 4.90 Å². The number of nitrogens with zero attached hydrogens (tertiary/aromatic N) is 1. The predicted octanol–water partition coefficient (Wildman–Crippen LogP) is 2.08. The van der Waals surface area contributed by atoms with Crippen molar-refractivity contribution in [1.82, 2.24) is 4.90 Å². The number of ether oxygens (including phenoxy) is 3. The molecule has 118 valence electrons. The third kappa shape index (κ3) is 4.01. The summed E-state index contributed by atoms with van der Waals surface area (Å²) in [5.74, 6) is 1.34. The molecule has 1 unspecified atom stereocenters. The van der Waals surface area contributed by atoms with E-state index in [0.717, 1.165) is 18.5 Å². The lowest BCUT2D eigenvalue weighted by molar-refractivity contribution is 0.140. The fourth-order valence-corrected chi connectivity index (χ4v) is 2.68. The molecule has 0 fully saturated rings. The molecule has 0 aromatic heterocycles. The summed E-state index contributed by atoms with van der Waals surface area (Å²) in [5, 5.41) is 0.572. The van der Waals surface area contributed by atoms with Gasteiger partial charge in [0.2, 0.25) is 0 Å². The van der Waals surface area contributed by atoms with Crippen LogP contribution in [0.1, 0.15) is 18.0 Å². The largest absolute Gasteiger partial charge is 0.489 e. The van der Waals surface area contributed by atoms with Gasteiger partial charge >= 0.3 is 0 Å². The maximum absolute atomic E-state index is 6.34. The van der Waals surface area contributed by atoms with Crippen molar-refractivity contribution in [2.75, 3.05) is 47.1 Å². The first kappa shape index (κ1) is 16.4. The summed E-state index contributed by atoms with van der Waals surface area (Å²) < 4.78 is 16.5. The standard InChI is InChI=1S/C15H23ClN2O3/c1-18(4-7-19-2)13(10-17)11-8-12(16)15-14(9-11)20-5-3-6-21-15/h8-9,13H,3-7,10,17H2,1-2H3. The summed E-state index contributed by atoms with van der Waals surface area (Å²) >= 11 is 6.34. The third-order valence-corrected chi connectivity index (χ3v) is 3.89. The summed E-state index contributed by atoms with van der Waals surface area (Å²) in [6.45, 7) is 3.21. The molecular weight excluding hydrogens is 292 g/mol. The minimum absolute atomic E-state index is 0.0646. The van der Waals surface area contributed by atoms with Crippen molar-refractivity contribution in [3.63, 3.8) is 0 Å². The Hall–Kier alpha value is -1.01. The molecule has 1 aromatic carbocycles. The lowest BCUT2D eigenvalue weighted by Gasteiger charge is -2.27. The number of halogens is 1. The van der Waals surface area contributed by atoms with Crippen LogP contribution in [0.2, 0.25) is 5.02 Å². The van der Waals surface area contributed by atoms with E-state index in [0.29, 0.717) is 42.9 Å². The first-order chi connectivity index (χ1) is 10.2. The molecule has 1 heterocycles. The average Bonchev–Trinajstić information content (AvgIpc) is 2.71. The van der Waals surface area contributed by atoms with Gasteiger partial charge < -0.3 is 19.9 Å². The van der Waals surface area contributed by atoms with E-state index in [1.807, 2.05) is 19.2 Å². The van der Waals surface area contributed by atoms with Crippen molar-refractivity contribution >= 4 is 11.6 Å². The van der Waals surface area contributed by atoms with Gasteiger partial charge in [-0.3, -0.25) is 4.90 Å². The fourth-order valence-electron chi connectivity index (χ4n) is 2.40. The zero-order valence-electron chi connectivity index (χ0n) is 12.6. The number of fused-ring (bicyclic) bond motifs is 1. The summed E-state index contributed by atoms with van der Waals surface area (Å²) in [6.07, 6.45) is 0.856. The topological polar surface area (TPSA) is 57.0 Å². The Morgan fingerprint density at radius 3 is 2.86 bits per heavy atom. The quantitative estimate of drug-likeness (QED) is 0.871. The highest BCUT2D eigenvalue weighted by molar-refractivity contribution is 6.32. The van der Waals surface area contributed by atoms with Gasteiger partial charge in [0.25, 0.3) is 0 Å². The van der Waals surface area contributed by atoms with Crippen molar-refractivity contribution in [2.24, 2.45) is 5.73 Å². The van der Waals surface area contributed by atoms with Crippen LogP contribution >= 0.6 is 11.6 Å². The van der Waals surface area contributed by atoms with Crippen molar-refractivity contribution in [1.29, 1.82) is 0 Å². The number of hydrogen-bond acceptors (Lipinski definition) is 5. The third-order valence-electron chi connectivity index (χ3n) is 3.61. The first-order valence-electron chi connectivity index (χ1n) is 7.15. The second-order valence-corrected chi connectivity index (χ2v) is 5.51. The van der Waals surface area contributed by atoms with Gasteiger partial charge in [0, 0.05) is 32.7 Å². The predicted molar refractivity (Wildman–Crippen MR) is 83.4 cm³/mol. The van der Waals surface area contributed by atoms with Crippen LogP contribution in [0.4, 0.5) is 0 Å². The van der Waals surface area contributed by atoms with Crippen molar-refractivity contribution < 1.29 is 14.2 Å². The number of methoxy groups -OCH3 is 1. The Morgan fingerprint density at radius 2 is 2.14 bits per heavy atom. The van der Waals surface area contributed by atoms with Gasteiger partial charge in [-0.25, -0.2) is 0 Å². The van der Waals surface area contributed by atoms with E-state index in [-0.39, 0.29) is 6.04 Å². The molecule has 0 amide bonds. The second-order valence-electron chi connectivity index (χ2n) is 5.11. The Labute approximate surface area is 130 Å². The highest BCUT2D eigenvalue weighted by Gasteiger charge is 2.21. The van der Waals surface area contributed by atoms with Gasteiger partial charge in [-0.05, 0) is 24.7 Å². The number of benzene rings is 1. The van der Waals surface area contributed by atoms with Crippen LogP contribution < -0.4 is 15.2 Å². The van der Waals surface area contributed by atoms with Gasteiger partial charge in [0.15, 0.2) is 11.5 Å². The number of rotatable bonds is 6. The second kappa shape index (κ2) is 7.84. The van der Waals surface area contributed by atoms with Gasteiger partial charge in [-0.2, -0.15) is 0 Å². The summed E-state index contributed by atoms with van der Waals surface area (Å²) in [4.78, 5) is 2.15. The Kier molecular flexibility index (Phi) is 6.11. The average molecular weight is 315 g/mol. The molecule has 0 aliphatic carbocycles. The zero-order valence-corrected chi connectivity index (χ0v) is 13.4. The summed E-state index contributed by atoms with van der Waals surface area (Å²) in [7, 11) is 3.71. The molecule has 2 rings (SSSR count). The molecule has 0 saturated carbocycles. The molecule has 5 nitrogen and oxygen atoms in total. The first-order valence-corrected chi connectivity index (χ1v) is 7.53. The molecule has 6 heteroatoms. The molecule has 2 N–H and O–H groups in total. The SMILES string of the molecule is COCCN(C)C(CN)c1cc(Cl)c2c(c1)OCCCO2. The maximum atomic E-state index is 6.34. The van der Waals surface area contributed by atoms with Crippen molar-refractivity contribution in [2.45, 2.75) is 12.5 Å². The number of nitrogens with two attached hydrogens (primary N) is 1. The molecule has 0 radical (unpaired) electrons. The van der Waals surface area contributed by atoms with E-state index in [9.17, 15) is 0 Å². The molecule has 1 aromatic rings. The zero-order chi connectivity index (χ0) is 15.2. The monoisotopic (exact) mass is 314 g/mol. The summed E-state index contributed by atoms with van der Waals surface area (Å²) in [5.41, 5.74) is 6.97. The van der Waals surface area contributed by atoms with Crippen LogP contribution in [0.25, 0.3) is 0 Å². The van der Waals surface area contributed by atoms with Crippen molar-refractivity contribution in [3.05, 3.63) is 22.7 Å². The van der Waals surface area contributed by atoms with E-state index >= 15 is 0 Å². The van der Waals surface area contributed by atoms with Crippen LogP contribution in [0.3, 0.4) is 0 Å². The van der Waals surface area contributed by atoms with E-state index in [1.54, 1.807) is 7.11 Å². The fraction of sp³-hybridized carbons (Fsp3) is 0.600. The molecule has 0 bridgehead atoms. The van der Waals surface area contributed by atoms with Gasteiger partial charge in [-0.1, -0.05) is 11.6 Å². The minimum Gasteiger partial charge on any atom is -0.489 e. The maximum Gasteiger partial charge on any atom is 0.179 e. The molecule has 21 heavy (non-hydrogen) atoms. The highest BCUT2D eigenvalue weighted by Crippen LogP contribution is 2.39. The van der Waals surface area contributed by atoms with E-state index in [4.69, 9.17) is 31.5 Å². The number of hydrogen-bond donors (Lipinski definition) is 1. The van der Waals surface area contributed by atoms with Crippen LogP contribution in [-0.4, -0.2) is 52.0 Å². The van der Waals surface area contributed by atoms with Crippen LogP contribution in [-0.2, 0) is 4.74 Å². The number of likely N-dealkylation sites (N-methyl/N-ethyl adjacent to an activating group) is 1. The normalized spacial score (nSPS) is 15.9. The molecular formula is C15H23ClN2O3. The minimum atomic E-state index is 0.0646. The smallest absolute Gasteiger partial charge is 0.179 e.